The number of morpholine rings is 1. The van der Waals surface area contributed by atoms with Crippen LogP contribution in [0.25, 0.3) is 21.9 Å². The van der Waals surface area contributed by atoms with Gasteiger partial charge in [-0.05, 0) is 22.9 Å². The van der Waals surface area contributed by atoms with Gasteiger partial charge in [-0.15, -0.1) is 0 Å². The Balaban J connectivity index is 1.70. The van der Waals surface area contributed by atoms with E-state index in [-0.39, 0.29) is 18.1 Å². The van der Waals surface area contributed by atoms with Crippen LogP contribution in [-0.2, 0) is 16.6 Å². The van der Waals surface area contributed by atoms with Gasteiger partial charge in [0, 0.05) is 43.5 Å². The molecule has 1 aromatic heterocycles. The van der Waals surface area contributed by atoms with Crippen LogP contribution in [0.1, 0.15) is 0 Å². The monoisotopic (exact) mass is 378 g/mol. The molecule has 0 unspecified atom stereocenters. The minimum atomic E-state index is -0.0750. The van der Waals surface area contributed by atoms with E-state index in [1.807, 2.05) is 36.4 Å². The molecule has 28 heavy (non-hydrogen) atoms. The number of aryl methyl sites for hydroxylation is 1. The molecule has 1 saturated heterocycles. The van der Waals surface area contributed by atoms with Crippen molar-refractivity contribution in [2.24, 2.45) is 7.05 Å². The highest BCUT2D eigenvalue weighted by molar-refractivity contribution is 5.99. The van der Waals surface area contributed by atoms with E-state index in [1.54, 1.807) is 34.8 Å². The van der Waals surface area contributed by atoms with Crippen LogP contribution in [-0.4, -0.2) is 48.3 Å². The Labute approximate surface area is 162 Å². The van der Waals surface area contributed by atoms with Gasteiger partial charge >= 0.3 is 0 Å². The summed E-state index contributed by atoms with van der Waals surface area (Å²) >= 11 is 0. The molecule has 4 rings (SSSR count). The van der Waals surface area contributed by atoms with Crippen molar-refractivity contribution < 1.29 is 14.3 Å². The van der Waals surface area contributed by atoms with Gasteiger partial charge in [-0.1, -0.05) is 30.3 Å². The van der Waals surface area contributed by atoms with Crippen molar-refractivity contribution in [3.8, 4) is 16.9 Å². The summed E-state index contributed by atoms with van der Waals surface area (Å²) in [4.78, 5) is 26.1. The topological polar surface area (TPSA) is 60.8 Å². The summed E-state index contributed by atoms with van der Waals surface area (Å²) in [5.41, 5.74) is 1.67. The zero-order valence-corrected chi connectivity index (χ0v) is 15.8. The second kappa shape index (κ2) is 7.86. The maximum absolute atomic E-state index is 12.5. The van der Waals surface area contributed by atoms with Crippen LogP contribution in [0.3, 0.4) is 0 Å². The van der Waals surface area contributed by atoms with Crippen molar-refractivity contribution >= 4 is 16.7 Å². The van der Waals surface area contributed by atoms with Crippen molar-refractivity contribution in [1.82, 2.24) is 9.47 Å². The highest BCUT2D eigenvalue weighted by Gasteiger charge is 2.19. The van der Waals surface area contributed by atoms with E-state index >= 15 is 0 Å². The van der Waals surface area contributed by atoms with Gasteiger partial charge in [0.25, 0.3) is 5.91 Å². The average molecular weight is 378 g/mol. The number of ether oxygens (including phenoxy) is 2. The van der Waals surface area contributed by atoms with E-state index in [1.165, 1.54) is 0 Å². The van der Waals surface area contributed by atoms with Crippen molar-refractivity contribution in [1.29, 1.82) is 0 Å². The molecule has 0 radical (unpaired) electrons. The number of aromatic nitrogens is 1. The van der Waals surface area contributed by atoms with Gasteiger partial charge in [-0.3, -0.25) is 9.59 Å². The number of fused-ring (bicyclic) bond motifs is 1. The van der Waals surface area contributed by atoms with E-state index in [2.05, 4.69) is 0 Å². The third-order valence-electron chi connectivity index (χ3n) is 4.98. The minimum Gasteiger partial charge on any atom is -0.483 e. The number of hydrogen-bond acceptors (Lipinski definition) is 4. The maximum atomic E-state index is 12.5. The van der Waals surface area contributed by atoms with E-state index < -0.39 is 0 Å². The zero-order chi connectivity index (χ0) is 19.5. The summed E-state index contributed by atoms with van der Waals surface area (Å²) in [5, 5.41) is 2.08. The first kappa shape index (κ1) is 18.3. The van der Waals surface area contributed by atoms with E-state index in [0.29, 0.717) is 32.1 Å². The number of pyridine rings is 1. The highest BCUT2D eigenvalue weighted by atomic mass is 16.5. The minimum absolute atomic E-state index is 0.0307. The molecule has 144 valence electrons. The fraction of sp³-hybridized carbons (Fsp3) is 0.273. The molecule has 6 nitrogen and oxygen atoms in total. The van der Waals surface area contributed by atoms with E-state index in [0.717, 1.165) is 21.9 Å². The molecule has 0 saturated carbocycles. The number of carbonyl (C=O) groups excluding carboxylic acids is 1. The van der Waals surface area contributed by atoms with E-state index in [4.69, 9.17) is 9.47 Å². The van der Waals surface area contributed by atoms with Crippen LogP contribution in [0.2, 0.25) is 0 Å². The molecule has 0 spiro atoms. The van der Waals surface area contributed by atoms with Gasteiger partial charge in [0.2, 0.25) is 5.56 Å². The molecule has 0 N–H and O–H groups in total. The number of hydrogen-bond donors (Lipinski definition) is 0. The lowest BCUT2D eigenvalue weighted by Gasteiger charge is -2.27. The quantitative estimate of drug-likeness (QED) is 0.700. The van der Waals surface area contributed by atoms with Gasteiger partial charge in [-0.25, -0.2) is 0 Å². The second-order valence-electron chi connectivity index (χ2n) is 6.81. The lowest BCUT2D eigenvalue weighted by Crippen LogP contribution is -2.43. The predicted octanol–water partition coefficient (Wildman–Crippen LogP) is 2.44. The first-order valence-corrected chi connectivity index (χ1v) is 9.30. The van der Waals surface area contributed by atoms with Crippen LogP contribution < -0.4 is 10.3 Å². The molecule has 2 aromatic carbocycles. The SMILES string of the molecule is Cn1cc(-c2c(OCC(=O)N3CCOCC3)ccc3ccccc23)ccc1=O. The second-order valence-corrected chi connectivity index (χ2v) is 6.81. The lowest BCUT2D eigenvalue weighted by atomic mass is 9.98. The van der Waals surface area contributed by atoms with Gasteiger partial charge < -0.3 is 18.9 Å². The van der Waals surface area contributed by atoms with Crippen LogP contribution in [0, 0.1) is 0 Å². The fourth-order valence-corrected chi connectivity index (χ4v) is 3.45. The number of carbonyl (C=O) groups is 1. The van der Waals surface area contributed by atoms with Gasteiger partial charge in [0.05, 0.1) is 13.2 Å². The van der Waals surface area contributed by atoms with Crippen LogP contribution in [0.4, 0.5) is 0 Å². The largest absolute Gasteiger partial charge is 0.483 e. The normalized spacial score (nSPS) is 14.2. The molecule has 0 bridgehead atoms. The standard InChI is InChI=1S/C22H22N2O4/c1-23-14-17(7-9-20(23)25)22-18-5-3-2-4-16(18)6-8-19(22)28-15-21(26)24-10-12-27-13-11-24/h2-9,14H,10-13,15H2,1H3. The summed E-state index contributed by atoms with van der Waals surface area (Å²) in [7, 11) is 1.72. The van der Waals surface area contributed by atoms with Crippen LogP contribution in [0.5, 0.6) is 5.75 Å². The Morgan fingerprint density at radius 3 is 2.64 bits per heavy atom. The van der Waals surface area contributed by atoms with Crippen molar-refractivity contribution in [2.45, 2.75) is 0 Å². The summed E-state index contributed by atoms with van der Waals surface area (Å²) in [5.74, 6) is 0.571. The van der Waals surface area contributed by atoms with Crippen LogP contribution >= 0.6 is 0 Å². The Morgan fingerprint density at radius 2 is 1.86 bits per heavy atom. The van der Waals surface area contributed by atoms with Gasteiger partial charge in [-0.2, -0.15) is 0 Å². The predicted molar refractivity (Wildman–Crippen MR) is 108 cm³/mol. The Hall–Kier alpha value is -3.12. The molecular weight excluding hydrogens is 356 g/mol. The average Bonchev–Trinajstić information content (AvgIpc) is 2.74. The van der Waals surface area contributed by atoms with Crippen LogP contribution in [0.15, 0.2) is 59.5 Å². The van der Waals surface area contributed by atoms with Crippen molar-refractivity contribution in [2.75, 3.05) is 32.9 Å². The number of benzene rings is 2. The fourth-order valence-electron chi connectivity index (χ4n) is 3.45. The third kappa shape index (κ3) is 3.64. The molecule has 1 aliphatic heterocycles. The number of rotatable bonds is 4. The molecular formula is C22H22N2O4. The lowest BCUT2D eigenvalue weighted by molar-refractivity contribution is -0.137. The highest BCUT2D eigenvalue weighted by Crippen LogP contribution is 2.36. The number of nitrogens with zero attached hydrogens (tertiary/aromatic N) is 2. The Kier molecular flexibility index (Phi) is 5.12. The van der Waals surface area contributed by atoms with Gasteiger partial charge in [0.1, 0.15) is 5.75 Å². The van der Waals surface area contributed by atoms with Crippen molar-refractivity contribution in [3.63, 3.8) is 0 Å². The zero-order valence-electron chi connectivity index (χ0n) is 15.8. The molecule has 1 amide bonds. The molecule has 3 aromatic rings. The molecule has 1 aliphatic rings. The first-order valence-electron chi connectivity index (χ1n) is 9.30. The Morgan fingerprint density at radius 1 is 1.07 bits per heavy atom. The van der Waals surface area contributed by atoms with Gasteiger partial charge in [0.15, 0.2) is 6.61 Å². The van der Waals surface area contributed by atoms with E-state index in [9.17, 15) is 9.59 Å². The Bertz CT molecular complexity index is 1070. The summed E-state index contributed by atoms with van der Waals surface area (Å²) < 4.78 is 12.8. The summed E-state index contributed by atoms with van der Waals surface area (Å²) in [6.07, 6.45) is 1.79. The molecule has 0 atom stereocenters. The molecule has 0 aliphatic carbocycles. The number of amides is 1. The summed E-state index contributed by atoms with van der Waals surface area (Å²) in [6, 6.07) is 15.2. The smallest absolute Gasteiger partial charge is 0.260 e. The first-order chi connectivity index (χ1) is 13.6. The molecule has 1 fully saturated rings. The maximum Gasteiger partial charge on any atom is 0.260 e. The summed E-state index contributed by atoms with van der Waals surface area (Å²) in [6.45, 7) is 2.27. The third-order valence-corrected chi connectivity index (χ3v) is 4.98. The molecule has 2 heterocycles. The molecule has 6 heteroatoms. The van der Waals surface area contributed by atoms with Crippen molar-refractivity contribution in [3.05, 3.63) is 65.1 Å².